The molecule has 0 radical (unpaired) electrons. The first-order valence-corrected chi connectivity index (χ1v) is 9.81. The molecular weight excluding hydrogens is 380 g/mol. The van der Waals surface area contributed by atoms with Gasteiger partial charge in [-0.05, 0) is 41.5 Å². The van der Waals surface area contributed by atoms with Crippen molar-refractivity contribution in [3.05, 3.63) is 78.1 Å². The van der Waals surface area contributed by atoms with Gasteiger partial charge in [0.05, 0.1) is 18.5 Å². The Morgan fingerprint density at radius 3 is 2.77 bits per heavy atom. The van der Waals surface area contributed by atoms with E-state index in [9.17, 15) is 4.79 Å². The standard InChI is InChI=1S/C23H24N4O3/c1-26(16-17-7-9-20(10-8-17)27-12-4-11-24-27)23(28)22-15-19(25-30-22)13-18-5-3-6-21(14-18)29-2/h3-12,14,22H,13,15-16H2,1-2H3. The molecule has 2 heterocycles. The van der Waals surface area contributed by atoms with Crippen molar-refractivity contribution in [2.24, 2.45) is 5.16 Å². The molecule has 1 aromatic heterocycles. The molecule has 0 saturated carbocycles. The summed E-state index contributed by atoms with van der Waals surface area (Å²) in [6, 6.07) is 17.7. The number of aromatic nitrogens is 2. The Labute approximate surface area is 175 Å². The van der Waals surface area contributed by atoms with Crippen LogP contribution in [0.3, 0.4) is 0 Å². The summed E-state index contributed by atoms with van der Waals surface area (Å²) in [7, 11) is 3.43. The largest absolute Gasteiger partial charge is 0.497 e. The number of hydrogen-bond donors (Lipinski definition) is 0. The fraction of sp³-hybridized carbons (Fsp3) is 0.261. The number of oxime groups is 1. The van der Waals surface area contributed by atoms with Crippen molar-refractivity contribution in [3.8, 4) is 11.4 Å². The van der Waals surface area contributed by atoms with Crippen LogP contribution in [0.2, 0.25) is 0 Å². The maximum atomic E-state index is 12.8. The zero-order valence-corrected chi connectivity index (χ0v) is 17.1. The highest BCUT2D eigenvalue weighted by Crippen LogP contribution is 2.20. The van der Waals surface area contributed by atoms with Gasteiger partial charge in [0, 0.05) is 38.8 Å². The van der Waals surface area contributed by atoms with Crippen molar-refractivity contribution in [3.63, 3.8) is 0 Å². The summed E-state index contributed by atoms with van der Waals surface area (Å²) < 4.78 is 7.06. The first-order chi connectivity index (χ1) is 14.6. The van der Waals surface area contributed by atoms with Crippen molar-refractivity contribution in [1.29, 1.82) is 0 Å². The Morgan fingerprint density at radius 1 is 1.20 bits per heavy atom. The molecule has 30 heavy (non-hydrogen) atoms. The number of likely N-dealkylation sites (N-methyl/N-ethyl adjacent to an activating group) is 1. The normalized spacial score (nSPS) is 15.4. The lowest BCUT2D eigenvalue weighted by atomic mass is 10.0. The smallest absolute Gasteiger partial charge is 0.266 e. The third kappa shape index (κ3) is 4.51. The number of methoxy groups -OCH3 is 1. The van der Waals surface area contributed by atoms with E-state index < -0.39 is 6.10 Å². The van der Waals surface area contributed by atoms with Gasteiger partial charge in [0.1, 0.15) is 5.75 Å². The van der Waals surface area contributed by atoms with E-state index in [-0.39, 0.29) is 5.91 Å². The number of amides is 1. The number of benzene rings is 2. The van der Waals surface area contributed by atoms with Gasteiger partial charge in [0.2, 0.25) is 6.10 Å². The van der Waals surface area contributed by atoms with E-state index in [0.717, 1.165) is 28.3 Å². The Balaban J connectivity index is 1.31. The number of carbonyl (C=O) groups excluding carboxylic acids is 1. The minimum absolute atomic E-state index is 0.0736. The van der Waals surface area contributed by atoms with Gasteiger partial charge >= 0.3 is 0 Å². The van der Waals surface area contributed by atoms with Gasteiger partial charge in [-0.3, -0.25) is 4.79 Å². The van der Waals surface area contributed by atoms with Crippen molar-refractivity contribution < 1.29 is 14.4 Å². The molecule has 0 N–H and O–H groups in total. The highest BCUT2D eigenvalue weighted by Gasteiger charge is 2.30. The number of carbonyl (C=O) groups is 1. The third-order valence-electron chi connectivity index (χ3n) is 5.05. The van der Waals surface area contributed by atoms with Gasteiger partial charge in [-0.2, -0.15) is 5.10 Å². The Morgan fingerprint density at radius 2 is 2.03 bits per heavy atom. The molecule has 0 fully saturated rings. The highest BCUT2D eigenvalue weighted by molar-refractivity contribution is 5.93. The Bertz CT molecular complexity index is 1030. The van der Waals surface area contributed by atoms with E-state index in [2.05, 4.69) is 10.3 Å². The molecule has 1 aliphatic heterocycles. The van der Waals surface area contributed by atoms with Crippen molar-refractivity contribution in [2.75, 3.05) is 14.2 Å². The molecule has 7 nitrogen and oxygen atoms in total. The summed E-state index contributed by atoms with van der Waals surface area (Å²) in [5.74, 6) is 0.730. The van der Waals surface area contributed by atoms with Crippen molar-refractivity contribution in [2.45, 2.75) is 25.5 Å². The van der Waals surface area contributed by atoms with E-state index in [0.29, 0.717) is 19.4 Å². The minimum atomic E-state index is -0.570. The molecule has 154 valence electrons. The summed E-state index contributed by atoms with van der Waals surface area (Å²) in [4.78, 5) is 19.9. The maximum Gasteiger partial charge on any atom is 0.266 e. The van der Waals surface area contributed by atoms with Crippen LogP contribution in [0.15, 0.2) is 72.1 Å². The average molecular weight is 404 g/mol. The zero-order chi connectivity index (χ0) is 20.9. The van der Waals surface area contributed by atoms with E-state index >= 15 is 0 Å². The maximum absolute atomic E-state index is 12.8. The summed E-state index contributed by atoms with van der Waals surface area (Å²) in [6.45, 7) is 0.503. The molecule has 2 aromatic carbocycles. The summed E-state index contributed by atoms with van der Waals surface area (Å²) in [5, 5.41) is 8.36. The van der Waals surface area contributed by atoms with Crippen molar-refractivity contribution in [1.82, 2.24) is 14.7 Å². The van der Waals surface area contributed by atoms with Crippen LogP contribution in [0.5, 0.6) is 5.75 Å². The molecule has 1 atom stereocenters. The molecule has 1 aliphatic rings. The van der Waals surface area contributed by atoms with Crippen LogP contribution in [-0.2, 0) is 22.6 Å². The number of ether oxygens (including phenoxy) is 1. The minimum Gasteiger partial charge on any atom is -0.497 e. The summed E-state index contributed by atoms with van der Waals surface area (Å²) >= 11 is 0. The summed E-state index contributed by atoms with van der Waals surface area (Å²) in [5.41, 5.74) is 3.96. The van der Waals surface area contributed by atoms with Crippen LogP contribution in [0.1, 0.15) is 17.5 Å². The number of nitrogens with zero attached hydrogens (tertiary/aromatic N) is 4. The van der Waals surface area contributed by atoms with Gasteiger partial charge in [-0.25, -0.2) is 4.68 Å². The molecule has 1 amide bonds. The fourth-order valence-corrected chi connectivity index (χ4v) is 3.45. The average Bonchev–Trinajstić information content (AvgIpc) is 3.46. The topological polar surface area (TPSA) is 69.0 Å². The molecule has 3 aromatic rings. The number of rotatable bonds is 7. The molecule has 0 spiro atoms. The van der Waals surface area contributed by atoms with Crippen LogP contribution in [-0.4, -0.2) is 46.6 Å². The predicted molar refractivity (Wildman–Crippen MR) is 114 cm³/mol. The second-order valence-corrected chi connectivity index (χ2v) is 7.30. The fourth-order valence-electron chi connectivity index (χ4n) is 3.45. The molecule has 0 aliphatic carbocycles. The Hall–Kier alpha value is -3.61. The van der Waals surface area contributed by atoms with Crippen LogP contribution < -0.4 is 4.74 Å². The number of hydrogen-bond acceptors (Lipinski definition) is 5. The first-order valence-electron chi connectivity index (χ1n) is 9.81. The molecule has 1 unspecified atom stereocenters. The molecular formula is C23H24N4O3. The van der Waals surface area contributed by atoms with Gasteiger partial charge in [0.25, 0.3) is 5.91 Å². The van der Waals surface area contributed by atoms with Crippen LogP contribution in [0.4, 0.5) is 0 Å². The molecule has 7 heteroatoms. The van der Waals surface area contributed by atoms with Gasteiger partial charge < -0.3 is 14.5 Å². The van der Waals surface area contributed by atoms with Crippen LogP contribution in [0.25, 0.3) is 5.69 Å². The van der Waals surface area contributed by atoms with E-state index in [1.54, 1.807) is 29.9 Å². The van der Waals surface area contributed by atoms with Gasteiger partial charge in [-0.15, -0.1) is 0 Å². The third-order valence-corrected chi connectivity index (χ3v) is 5.05. The van der Waals surface area contributed by atoms with E-state index in [1.807, 2.05) is 60.8 Å². The van der Waals surface area contributed by atoms with Gasteiger partial charge in [-0.1, -0.05) is 29.4 Å². The quantitative estimate of drug-likeness (QED) is 0.606. The predicted octanol–water partition coefficient (Wildman–Crippen LogP) is 3.23. The molecule has 0 saturated heterocycles. The second-order valence-electron chi connectivity index (χ2n) is 7.30. The van der Waals surface area contributed by atoms with Crippen LogP contribution in [0, 0.1) is 0 Å². The SMILES string of the molecule is COc1cccc(CC2=NOC(C(=O)N(C)Cc3ccc(-n4cccn4)cc3)C2)c1. The monoisotopic (exact) mass is 404 g/mol. The van der Waals surface area contributed by atoms with Crippen molar-refractivity contribution >= 4 is 11.6 Å². The van der Waals surface area contributed by atoms with Gasteiger partial charge in [0.15, 0.2) is 0 Å². The molecule has 0 bridgehead atoms. The lowest BCUT2D eigenvalue weighted by molar-refractivity contribution is -0.141. The lowest BCUT2D eigenvalue weighted by Crippen LogP contribution is -2.36. The lowest BCUT2D eigenvalue weighted by Gasteiger charge is -2.20. The summed E-state index contributed by atoms with van der Waals surface area (Å²) in [6.07, 6.45) is 4.20. The first kappa shape index (κ1) is 19.7. The zero-order valence-electron chi connectivity index (χ0n) is 17.1. The van der Waals surface area contributed by atoms with E-state index in [4.69, 9.17) is 9.57 Å². The molecule has 4 rings (SSSR count). The Kier molecular flexibility index (Phi) is 5.79. The highest BCUT2D eigenvalue weighted by atomic mass is 16.6. The second kappa shape index (κ2) is 8.82. The van der Waals surface area contributed by atoms with E-state index in [1.165, 1.54) is 0 Å². The van der Waals surface area contributed by atoms with Crippen LogP contribution >= 0.6 is 0 Å².